The number of aryl methyl sites for hydroxylation is 1. The molecule has 0 aliphatic heterocycles. The molecule has 0 radical (unpaired) electrons. The fraction of sp³-hybridized carbons (Fsp3) is 0.250. The van der Waals surface area contributed by atoms with E-state index in [4.69, 9.17) is 29.6 Å². The molecule has 0 bridgehead atoms. The Morgan fingerprint density at radius 3 is 2.38 bits per heavy atom. The second-order valence-electron chi connectivity index (χ2n) is 4.33. The monoisotopic (exact) mass is 334 g/mol. The molecule has 0 fully saturated rings. The molecule has 0 saturated carbocycles. The zero-order chi connectivity index (χ0) is 15.9. The summed E-state index contributed by atoms with van der Waals surface area (Å²) >= 11 is 10.9. The van der Waals surface area contributed by atoms with Gasteiger partial charge in [0.1, 0.15) is 10.7 Å². The maximum Gasteiger partial charge on any atom is 0.433 e. The van der Waals surface area contributed by atoms with Crippen molar-refractivity contribution in [3.63, 3.8) is 0 Å². The zero-order valence-electron chi connectivity index (χ0n) is 11.0. The minimum atomic E-state index is -4.58. The van der Waals surface area contributed by atoms with Gasteiger partial charge in [-0.25, -0.2) is 9.67 Å². The van der Waals surface area contributed by atoms with E-state index in [0.717, 1.165) is 6.07 Å². The predicted octanol–water partition coefficient (Wildman–Crippen LogP) is 3.19. The highest BCUT2D eigenvalue weighted by atomic mass is 35.5. The molecule has 0 unspecified atom stereocenters. The summed E-state index contributed by atoms with van der Waals surface area (Å²) in [5.74, 6) is -0.0928. The van der Waals surface area contributed by atoms with Crippen molar-refractivity contribution in [2.24, 2.45) is 5.73 Å². The summed E-state index contributed by atoms with van der Waals surface area (Å²) in [5.41, 5.74) is 5.61. The second kappa shape index (κ2) is 5.27. The molecule has 2 aromatic rings. The Bertz CT molecular complexity index is 724. The van der Waals surface area contributed by atoms with E-state index >= 15 is 0 Å². The molecule has 2 rings (SSSR count). The fourth-order valence-corrected chi connectivity index (χ4v) is 2.07. The normalized spacial score (nSPS) is 11.7. The van der Waals surface area contributed by atoms with Gasteiger partial charge >= 0.3 is 6.18 Å². The van der Waals surface area contributed by atoms with E-state index in [1.54, 1.807) is 13.8 Å². The highest BCUT2D eigenvalue weighted by molar-refractivity contribution is 7.80. The van der Waals surface area contributed by atoms with Crippen LogP contribution in [0.1, 0.15) is 22.6 Å². The van der Waals surface area contributed by atoms with Gasteiger partial charge in [0, 0.05) is 0 Å². The fourth-order valence-electron chi connectivity index (χ4n) is 1.79. The first-order valence-corrected chi connectivity index (χ1v) is 6.51. The third-order valence-electron chi connectivity index (χ3n) is 2.83. The lowest BCUT2D eigenvalue weighted by atomic mass is 10.2. The molecule has 0 aromatic carbocycles. The third kappa shape index (κ3) is 2.86. The lowest BCUT2D eigenvalue weighted by Gasteiger charge is -2.12. The average molecular weight is 335 g/mol. The Morgan fingerprint density at radius 1 is 1.33 bits per heavy atom. The van der Waals surface area contributed by atoms with Gasteiger partial charge in [0.05, 0.1) is 22.0 Å². The molecule has 0 aliphatic rings. The molecule has 2 N–H and O–H groups in total. The van der Waals surface area contributed by atoms with E-state index < -0.39 is 11.9 Å². The third-order valence-corrected chi connectivity index (χ3v) is 3.60. The molecule has 0 spiro atoms. The number of nitrogens with two attached hydrogens (primary N) is 1. The average Bonchev–Trinajstić information content (AvgIpc) is 2.64. The maximum absolute atomic E-state index is 12.8. The van der Waals surface area contributed by atoms with Crippen molar-refractivity contribution in [1.82, 2.24) is 14.8 Å². The van der Waals surface area contributed by atoms with E-state index in [2.05, 4.69) is 10.1 Å². The number of thiocarbonyl (C=S) groups is 1. The molecular formula is C12H10ClF3N4S. The molecule has 9 heteroatoms. The molecule has 2 heterocycles. The number of halogens is 4. The van der Waals surface area contributed by atoms with Crippen molar-refractivity contribution in [3.8, 4) is 5.82 Å². The van der Waals surface area contributed by atoms with Crippen LogP contribution in [0, 0.1) is 13.8 Å². The summed E-state index contributed by atoms with van der Waals surface area (Å²) < 4.78 is 39.7. The molecule has 21 heavy (non-hydrogen) atoms. The molecule has 0 saturated heterocycles. The number of alkyl halides is 3. The van der Waals surface area contributed by atoms with Crippen molar-refractivity contribution < 1.29 is 13.2 Å². The standard InChI is InChI=1S/C12H10ClF3N4S/c1-5-9(13)6(2)20(19-5)11-7(10(17)21)3-4-8(18-11)12(14,15)16/h3-4H,1-2H3,(H2,17,21). The van der Waals surface area contributed by atoms with Crippen LogP contribution >= 0.6 is 23.8 Å². The Hall–Kier alpha value is -1.67. The van der Waals surface area contributed by atoms with Gasteiger partial charge in [-0.2, -0.15) is 18.3 Å². The Balaban J connectivity index is 2.75. The molecular weight excluding hydrogens is 325 g/mol. The van der Waals surface area contributed by atoms with Gasteiger partial charge < -0.3 is 5.73 Å². The summed E-state index contributed by atoms with van der Waals surface area (Å²) in [6, 6.07) is 2.00. The predicted molar refractivity (Wildman–Crippen MR) is 76.7 cm³/mol. The topological polar surface area (TPSA) is 56.7 Å². The number of rotatable bonds is 2. The molecule has 0 amide bonds. The molecule has 0 atom stereocenters. The van der Waals surface area contributed by atoms with Crippen LogP contribution in [0.3, 0.4) is 0 Å². The quantitative estimate of drug-likeness (QED) is 0.857. The van der Waals surface area contributed by atoms with Crippen LogP contribution in [0.25, 0.3) is 5.82 Å². The molecule has 4 nitrogen and oxygen atoms in total. The summed E-state index contributed by atoms with van der Waals surface area (Å²) in [4.78, 5) is 3.53. The van der Waals surface area contributed by atoms with Crippen molar-refractivity contribution in [2.45, 2.75) is 20.0 Å². The van der Waals surface area contributed by atoms with E-state index in [1.165, 1.54) is 10.7 Å². The number of hydrogen-bond acceptors (Lipinski definition) is 3. The van der Waals surface area contributed by atoms with Gasteiger partial charge in [0.25, 0.3) is 0 Å². The van der Waals surface area contributed by atoms with Crippen LogP contribution in [-0.4, -0.2) is 19.8 Å². The van der Waals surface area contributed by atoms with Crippen LogP contribution in [-0.2, 0) is 6.18 Å². The van der Waals surface area contributed by atoms with Crippen molar-refractivity contribution in [1.29, 1.82) is 0 Å². The first-order valence-electron chi connectivity index (χ1n) is 5.73. The SMILES string of the molecule is Cc1nn(-c2nc(C(F)(F)F)ccc2C(N)=S)c(C)c1Cl. The number of nitrogens with zero attached hydrogens (tertiary/aromatic N) is 3. The van der Waals surface area contributed by atoms with Crippen molar-refractivity contribution in [3.05, 3.63) is 39.8 Å². The van der Waals surface area contributed by atoms with E-state index in [-0.39, 0.29) is 16.4 Å². The molecule has 112 valence electrons. The van der Waals surface area contributed by atoms with Crippen LogP contribution in [0.15, 0.2) is 12.1 Å². The van der Waals surface area contributed by atoms with Gasteiger partial charge in [-0.1, -0.05) is 23.8 Å². The van der Waals surface area contributed by atoms with Crippen LogP contribution in [0.2, 0.25) is 5.02 Å². The summed E-state index contributed by atoms with van der Waals surface area (Å²) in [6.45, 7) is 3.26. The molecule has 0 aliphatic carbocycles. The smallest absolute Gasteiger partial charge is 0.389 e. The van der Waals surface area contributed by atoms with E-state index in [9.17, 15) is 13.2 Å². The highest BCUT2D eigenvalue weighted by Gasteiger charge is 2.33. The Morgan fingerprint density at radius 2 is 1.95 bits per heavy atom. The first kappa shape index (κ1) is 15.7. The molecule has 2 aromatic heterocycles. The highest BCUT2D eigenvalue weighted by Crippen LogP contribution is 2.30. The van der Waals surface area contributed by atoms with Crippen LogP contribution < -0.4 is 5.73 Å². The number of hydrogen-bond donors (Lipinski definition) is 1. The lowest BCUT2D eigenvalue weighted by molar-refractivity contribution is -0.141. The van der Waals surface area contributed by atoms with E-state index in [1.807, 2.05) is 0 Å². The minimum Gasteiger partial charge on any atom is -0.389 e. The minimum absolute atomic E-state index is 0.0742. The van der Waals surface area contributed by atoms with Gasteiger partial charge in [0.2, 0.25) is 0 Å². The van der Waals surface area contributed by atoms with E-state index in [0.29, 0.717) is 16.4 Å². The van der Waals surface area contributed by atoms with Gasteiger partial charge in [-0.3, -0.25) is 0 Å². The number of pyridine rings is 1. The second-order valence-corrected chi connectivity index (χ2v) is 5.14. The number of aromatic nitrogens is 3. The summed E-state index contributed by atoms with van der Waals surface area (Å²) in [5, 5.41) is 4.44. The largest absolute Gasteiger partial charge is 0.433 e. The van der Waals surface area contributed by atoms with Crippen LogP contribution in [0.5, 0.6) is 0 Å². The first-order chi connectivity index (χ1) is 9.62. The Labute approximate surface area is 128 Å². The lowest BCUT2D eigenvalue weighted by Crippen LogP contribution is -2.19. The Kier molecular flexibility index (Phi) is 3.94. The van der Waals surface area contributed by atoms with Crippen LogP contribution in [0.4, 0.5) is 13.2 Å². The maximum atomic E-state index is 12.8. The van der Waals surface area contributed by atoms with Crippen molar-refractivity contribution in [2.75, 3.05) is 0 Å². The van der Waals surface area contributed by atoms with Gasteiger partial charge in [-0.15, -0.1) is 0 Å². The van der Waals surface area contributed by atoms with Gasteiger partial charge in [-0.05, 0) is 26.0 Å². The van der Waals surface area contributed by atoms with Crippen molar-refractivity contribution >= 4 is 28.8 Å². The van der Waals surface area contributed by atoms with Gasteiger partial charge in [0.15, 0.2) is 5.82 Å². The summed E-state index contributed by atoms with van der Waals surface area (Å²) in [7, 11) is 0. The zero-order valence-corrected chi connectivity index (χ0v) is 12.6. The summed E-state index contributed by atoms with van der Waals surface area (Å²) in [6.07, 6.45) is -4.58.